The molecule has 1 aliphatic rings. The fourth-order valence-corrected chi connectivity index (χ4v) is 1.95. The maximum Gasteiger partial charge on any atom is 0.407 e. The Hall–Kier alpha value is -1.26. The van der Waals surface area contributed by atoms with Crippen molar-refractivity contribution in [1.29, 1.82) is 0 Å². The molecule has 5 nitrogen and oxygen atoms in total. The molecule has 1 heterocycles. The summed E-state index contributed by atoms with van der Waals surface area (Å²) in [5.74, 6) is -0.252. The second-order valence-electron chi connectivity index (χ2n) is 4.00. The molecule has 0 aromatic rings. The number of piperidine rings is 1. The summed E-state index contributed by atoms with van der Waals surface area (Å²) in [7, 11) is 0. The zero-order valence-electron chi connectivity index (χ0n) is 8.69. The van der Waals surface area contributed by atoms with Crippen LogP contribution in [0.25, 0.3) is 0 Å². The Bertz CT molecular complexity index is 231. The van der Waals surface area contributed by atoms with Crippen LogP contribution in [0.2, 0.25) is 0 Å². The van der Waals surface area contributed by atoms with Crippen LogP contribution in [0.1, 0.15) is 32.1 Å². The van der Waals surface area contributed by atoms with Crippen molar-refractivity contribution in [3.05, 3.63) is 0 Å². The third kappa shape index (κ3) is 4.18. The summed E-state index contributed by atoms with van der Waals surface area (Å²) in [6.45, 7) is 1.18. The fourth-order valence-electron chi connectivity index (χ4n) is 1.95. The predicted octanol–water partition coefficient (Wildman–Crippen LogP) is 1.63. The van der Waals surface area contributed by atoms with Gasteiger partial charge in [0.15, 0.2) is 0 Å². The van der Waals surface area contributed by atoms with Crippen LogP contribution in [-0.2, 0) is 4.79 Å². The zero-order chi connectivity index (χ0) is 11.3. The van der Waals surface area contributed by atoms with E-state index >= 15 is 0 Å². The summed E-state index contributed by atoms with van der Waals surface area (Å²) < 4.78 is 0. The van der Waals surface area contributed by atoms with E-state index in [1.807, 2.05) is 0 Å². The Balaban J connectivity index is 2.14. The molecule has 1 amide bonds. The molecule has 5 heteroatoms. The minimum absolute atomic E-state index is 0.221. The molecule has 0 bridgehead atoms. The molecule has 1 saturated heterocycles. The standard InChI is InChI=1S/C10H17NO4/c12-9(13)3-1-2-8-4-6-11(7-5-8)10(14)15/h8H,1-7H2,(H,12,13)(H,14,15). The Morgan fingerprint density at radius 3 is 2.27 bits per heavy atom. The average Bonchev–Trinajstić information content (AvgIpc) is 2.18. The van der Waals surface area contributed by atoms with Gasteiger partial charge >= 0.3 is 12.1 Å². The largest absolute Gasteiger partial charge is 0.481 e. The van der Waals surface area contributed by atoms with E-state index in [-0.39, 0.29) is 6.42 Å². The monoisotopic (exact) mass is 215 g/mol. The molecule has 1 fully saturated rings. The van der Waals surface area contributed by atoms with Gasteiger partial charge in [0, 0.05) is 19.5 Å². The van der Waals surface area contributed by atoms with Gasteiger partial charge in [0.05, 0.1) is 0 Å². The minimum atomic E-state index is -0.848. The van der Waals surface area contributed by atoms with Crippen LogP contribution in [-0.4, -0.2) is 40.3 Å². The van der Waals surface area contributed by atoms with Crippen LogP contribution >= 0.6 is 0 Å². The lowest BCUT2D eigenvalue weighted by molar-refractivity contribution is -0.137. The Kier molecular flexibility index (Phi) is 4.39. The molecule has 15 heavy (non-hydrogen) atoms. The van der Waals surface area contributed by atoms with Gasteiger partial charge in [0.1, 0.15) is 0 Å². The molecule has 0 aromatic heterocycles. The van der Waals surface area contributed by atoms with Gasteiger partial charge in [0.2, 0.25) is 0 Å². The SMILES string of the molecule is O=C(O)CCCC1CCN(C(=O)O)CC1. The highest BCUT2D eigenvalue weighted by Crippen LogP contribution is 2.22. The van der Waals surface area contributed by atoms with Crippen LogP contribution in [0.15, 0.2) is 0 Å². The maximum absolute atomic E-state index is 10.6. The second-order valence-corrected chi connectivity index (χ2v) is 4.00. The molecule has 0 atom stereocenters. The van der Waals surface area contributed by atoms with Crippen LogP contribution < -0.4 is 0 Å². The highest BCUT2D eigenvalue weighted by Gasteiger charge is 2.21. The van der Waals surface area contributed by atoms with Crippen molar-refractivity contribution < 1.29 is 19.8 Å². The van der Waals surface area contributed by atoms with Crippen molar-refractivity contribution in [2.75, 3.05) is 13.1 Å². The first-order valence-corrected chi connectivity index (χ1v) is 5.29. The third-order valence-electron chi connectivity index (χ3n) is 2.89. The molecule has 0 saturated carbocycles. The third-order valence-corrected chi connectivity index (χ3v) is 2.89. The van der Waals surface area contributed by atoms with E-state index in [2.05, 4.69) is 0 Å². The smallest absolute Gasteiger partial charge is 0.407 e. The van der Waals surface area contributed by atoms with Gasteiger partial charge < -0.3 is 15.1 Å². The molecule has 86 valence electrons. The Morgan fingerprint density at radius 1 is 1.20 bits per heavy atom. The zero-order valence-corrected chi connectivity index (χ0v) is 8.69. The van der Waals surface area contributed by atoms with Crippen LogP contribution in [0.5, 0.6) is 0 Å². The number of hydrogen-bond donors (Lipinski definition) is 2. The topological polar surface area (TPSA) is 77.8 Å². The Morgan fingerprint density at radius 2 is 1.80 bits per heavy atom. The van der Waals surface area contributed by atoms with E-state index in [0.29, 0.717) is 25.4 Å². The fraction of sp³-hybridized carbons (Fsp3) is 0.800. The first kappa shape index (κ1) is 11.8. The van der Waals surface area contributed by atoms with Gasteiger partial charge in [-0.15, -0.1) is 0 Å². The number of nitrogens with zero attached hydrogens (tertiary/aromatic N) is 1. The summed E-state index contributed by atoms with van der Waals surface area (Å²) in [4.78, 5) is 22.3. The van der Waals surface area contributed by atoms with E-state index < -0.39 is 12.1 Å². The highest BCUT2D eigenvalue weighted by molar-refractivity contribution is 5.66. The predicted molar refractivity (Wildman–Crippen MR) is 53.8 cm³/mol. The summed E-state index contributed by atoms with van der Waals surface area (Å²) in [5, 5.41) is 17.2. The molecular weight excluding hydrogens is 198 g/mol. The Labute approximate surface area is 88.7 Å². The van der Waals surface area contributed by atoms with E-state index in [9.17, 15) is 9.59 Å². The van der Waals surface area contributed by atoms with Gasteiger partial charge in [-0.1, -0.05) is 0 Å². The second kappa shape index (κ2) is 5.58. The number of aliphatic carboxylic acids is 1. The quantitative estimate of drug-likeness (QED) is 0.747. The average molecular weight is 215 g/mol. The molecule has 0 spiro atoms. The number of likely N-dealkylation sites (tertiary alicyclic amines) is 1. The number of rotatable bonds is 4. The van der Waals surface area contributed by atoms with Crippen molar-refractivity contribution in [2.24, 2.45) is 5.92 Å². The number of hydrogen-bond acceptors (Lipinski definition) is 2. The van der Waals surface area contributed by atoms with Gasteiger partial charge in [-0.25, -0.2) is 4.79 Å². The van der Waals surface area contributed by atoms with Gasteiger partial charge in [0.25, 0.3) is 0 Å². The summed E-state index contributed by atoms with van der Waals surface area (Å²) in [5.41, 5.74) is 0. The molecular formula is C10H17NO4. The first-order valence-electron chi connectivity index (χ1n) is 5.29. The maximum atomic E-state index is 10.6. The number of carbonyl (C=O) groups is 2. The summed E-state index contributed by atoms with van der Waals surface area (Å²) in [6.07, 6.45) is 2.71. The summed E-state index contributed by atoms with van der Waals surface area (Å²) in [6, 6.07) is 0. The molecule has 0 aromatic carbocycles. The van der Waals surface area contributed by atoms with E-state index in [0.717, 1.165) is 19.3 Å². The normalized spacial score (nSPS) is 17.7. The number of carboxylic acids is 1. The molecule has 1 rings (SSSR count). The number of amides is 1. The van der Waals surface area contributed by atoms with E-state index in [1.165, 1.54) is 4.90 Å². The lowest BCUT2D eigenvalue weighted by Gasteiger charge is -2.29. The lowest BCUT2D eigenvalue weighted by atomic mass is 9.92. The van der Waals surface area contributed by atoms with Crippen LogP contribution in [0.4, 0.5) is 4.79 Å². The van der Waals surface area contributed by atoms with Crippen molar-refractivity contribution in [3.63, 3.8) is 0 Å². The molecule has 0 radical (unpaired) electrons. The molecule has 0 aliphatic carbocycles. The van der Waals surface area contributed by atoms with E-state index in [1.54, 1.807) is 0 Å². The molecule has 0 unspecified atom stereocenters. The van der Waals surface area contributed by atoms with Gasteiger partial charge in [-0.05, 0) is 31.6 Å². The minimum Gasteiger partial charge on any atom is -0.481 e. The summed E-state index contributed by atoms with van der Waals surface area (Å²) >= 11 is 0. The van der Waals surface area contributed by atoms with Gasteiger partial charge in [-0.3, -0.25) is 4.79 Å². The van der Waals surface area contributed by atoms with Crippen molar-refractivity contribution in [1.82, 2.24) is 4.90 Å². The van der Waals surface area contributed by atoms with E-state index in [4.69, 9.17) is 10.2 Å². The van der Waals surface area contributed by atoms with Crippen molar-refractivity contribution >= 4 is 12.1 Å². The highest BCUT2D eigenvalue weighted by atomic mass is 16.4. The van der Waals surface area contributed by atoms with Gasteiger partial charge in [-0.2, -0.15) is 0 Å². The molecule has 2 N–H and O–H groups in total. The first-order chi connectivity index (χ1) is 7.09. The lowest BCUT2D eigenvalue weighted by Crippen LogP contribution is -2.37. The molecule has 1 aliphatic heterocycles. The van der Waals surface area contributed by atoms with Crippen molar-refractivity contribution in [2.45, 2.75) is 32.1 Å². The van der Waals surface area contributed by atoms with Crippen molar-refractivity contribution in [3.8, 4) is 0 Å². The van der Waals surface area contributed by atoms with Crippen LogP contribution in [0.3, 0.4) is 0 Å². The number of carboxylic acid groups (broad SMARTS) is 2. The van der Waals surface area contributed by atoms with Crippen LogP contribution in [0, 0.1) is 5.92 Å².